The maximum absolute atomic E-state index is 3.00. The molecule has 26 valence electrons. The highest BCUT2D eigenvalue weighted by molar-refractivity contribution is 4.58. The Morgan fingerprint density at radius 3 is 1.50 bits per heavy atom. The predicted molar refractivity (Wildman–Crippen MR) is 19.6 cm³/mol. The van der Waals surface area contributed by atoms with Crippen LogP contribution in [0.1, 0.15) is 7.43 Å². The lowest BCUT2D eigenvalue weighted by Gasteiger charge is -1.21. The summed E-state index contributed by atoms with van der Waals surface area (Å²) in [5.41, 5.74) is 0. The molecule has 0 atom stereocenters. The lowest BCUT2D eigenvalue weighted by molar-refractivity contribution is 1.34. The third-order valence-corrected chi connectivity index (χ3v) is 0.250. The summed E-state index contributed by atoms with van der Waals surface area (Å²) in [5.74, 6) is 0. The summed E-state index contributed by atoms with van der Waals surface area (Å²) in [4.78, 5) is 0. The topological polar surface area (TPSA) is 21.9 Å². The maximum atomic E-state index is 3.00. The molecule has 0 spiro atoms. The second-order valence-electron chi connectivity index (χ2n) is 0.750. The fraction of sp³-hybridized carbons (Fsp3) is 1.00. The van der Waals surface area contributed by atoms with Crippen molar-refractivity contribution in [1.29, 1.82) is 0 Å². The van der Waals surface area contributed by atoms with Crippen molar-refractivity contribution in [2.45, 2.75) is 7.43 Å². The molecule has 0 aromatic rings. The van der Waals surface area contributed by atoms with E-state index in [1.807, 2.05) is 0 Å². The van der Waals surface area contributed by atoms with Crippen LogP contribution in [0.2, 0.25) is 0 Å². The SMILES string of the molecule is C.C1CN1. The molecule has 1 heteroatoms. The third kappa shape index (κ3) is 1.96. The molecular weight excluding hydrogens is 50.0 g/mol. The molecule has 0 aromatic heterocycles. The zero-order chi connectivity index (χ0) is 2.12. The van der Waals surface area contributed by atoms with Crippen LogP contribution in [0.25, 0.3) is 0 Å². The number of hydrogen-bond donors (Lipinski definition) is 1. The van der Waals surface area contributed by atoms with Crippen molar-refractivity contribution >= 4 is 0 Å². The Kier molecular flexibility index (Phi) is 1.28. The summed E-state index contributed by atoms with van der Waals surface area (Å²) >= 11 is 0. The first kappa shape index (κ1) is 3.96. The van der Waals surface area contributed by atoms with Crippen molar-refractivity contribution in [1.82, 2.24) is 5.32 Å². The molecule has 0 amide bonds. The highest BCUT2D eigenvalue weighted by atomic mass is 15.0. The first-order valence-electron chi connectivity index (χ1n) is 1.21. The van der Waals surface area contributed by atoms with Crippen LogP contribution < -0.4 is 5.32 Å². The average Bonchev–Trinajstić information content (AvgIpc) is 1.46. The van der Waals surface area contributed by atoms with Gasteiger partial charge in [0.25, 0.3) is 0 Å². The smallest absolute Gasteiger partial charge is 0.00772 e. The van der Waals surface area contributed by atoms with Crippen molar-refractivity contribution in [3.05, 3.63) is 0 Å². The van der Waals surface area contributed by atoms with Gasteiger partial charge in [-0.1, -0.05) is 7.43 Å². The van der Waals surface area contributed by atoms with Gasteiger partial charge in [0.15, 0.2) is 0 Å². The van der Waals surface area contributed by atoms with E-state index in [0.29, 0.717) is 0 Å². The molecule has 1 aliphatic rings. The molecule has 1 nitrogen and oxygen atoms in total. The van der Waals surface area contributed by atoms with E-state index in [0.717, 1.165) is 0 Å². The van der Waals surface area contributed by atoms with Crippen LogP contribution in [0.5, 0.6) is 0 Å². The van der Waals surface area contributed by atoms with E-state index in [1.165, 1.54) is 13.1 Å². The van der Waals surface area contributed by atoms with E-state index in [1.54, 1.807) is 0 Å². The first-order chi connectivity index (χ1) is 1.50. The van der Waals surface area contributed by atoms with Crippen LogP contribution in [0.3, 0.4) is 0 Å². The Bertz CT molecular complexity index is 8.00. The lowest BCUT2D eigenvalue weighted by atomic mass is 11.0. The molecule has 0 saturated carbocycles. The van der Waals surface area contributed by atoms with Gasteiger partial charge in [0.1, 0.15) is 0 Å². The fourth-order valence-corrected chi connectivity index (χ4v) is 0. The Labute approximate surface area is 27.0 Å². The molecule has 1 fully saturated rings. The van der Waals surface area contributed by atoms with Crippen LogP contribution in [-0.2, 0) is 0 Å². The van der Waals surface area contributed by atoms with Crippen LogP contribution in [0, 0.1) is 0 Å². The standard InChI is InChI=1S/C2H5N.CH4/c1-2-3-1;/h3H,1-2H2;1H4. The van der Waals surface area contributed by atoms with Crippen molar-refractivity contribution in [3.63, 3.8) is 0 Å². The van der Waals surface area contributed by atoms with Gasteiger partial charge in [-0.2, -0.15) is 0 Å². The van der Waals surface area contributed by atoms with E-state index in [-0.39, 0.29) is 7.43 Å². The minimum absolute atomic E-state index is 0. The van der Waals surface area contributed by atoms with E-state index in [2.05, 4.69) is 5.32 Å². The fourth-order valence-electron chi connectivity index (χ4n) is 0. The molecule has 0 radical (unpaired) electrons. The second-order valence-corrected chi connectivity index (χ2v) is 0.750. The van der Waals surface area contributed by atoms with Crippen molar-refractivity contribution in [2.24, 2.45) is 0 Å². The van der Waals surface area contributed by atoms with E-state index < -0.39 is 0 Å². The van der Waals surface area contributed by atoms with Gasteiger partial charge in [-0.25, -0.2) is 0 Å². The Morgan fingerprint density at radius 2 is 1.50 bits per heavy atom. The monoisotopic (exact) mass is 59.1 g/mol. The summed E-state index contributed by atoms with van der Waals surface area (Å²) in [7, 11) is 0. The number of rotatable bonds is 0. The molecular formula is C3H9N. The molecule has 1 rings (SSSR count). The van der Waals surface area contributed by atoms with Gasteiger partial charge in [-0.05, 0) is 0 Å². The van der Waals surface area contributed by atoms with E-state index in [9.17, 15) is 0 Å². The molecule has 0 bridgehead atoms. The number of hydrogen-bond acceptors (Lipinski definition) is 1. The summed E-state index contributed by atoms with van der Waals surface area (Å²) in [5, 5.41) is 3.00. The van der Waals surface area contributed by atoms with Gasteiger partial charge in [0.2, 0.25) is 0 Å². The van der Waals surface area contributed by atoms with Gasteiger partial charge in [0, 0.05) is 13.1 Å². The van der Waals surface area contributed by atoms with E-state index >= 15 is 0 Å². The quantitative estimate of drug-likeness (QED) is 0.396. The Morgan fingerprint density at radius 1 is 1.25 bits per heavy atom. The molecule has 1 aliphatic heterocycles. The average molecular weight is 59.1 g/mol. The van der Waals surface area contributed by atoms with Crippen LogP contribution >= 0.6 is 0 Å². The molecule has 1 saturated heterocycles. The molecule has 1 heterocycles. The zero-order valence-corrected chi connectivity index (χ0v) is 1.91. The van der Waals surface area contributed by atoms with Crippen molar-refractivity contribution in [3.8, 4) is 0 Å². The Hall–Kier alpha value is -0.0400. The maximum Gasteiger partial charge on any atom is 0.00772 e. The largest absolute Gasteiger partial charge is 0.314 e. The predicted octanol–water partition coefficient (Wildman–Crippen LogP) is 0.226. The number of nitrogens with one attached hydrogen (secondary N) is 1. The minimum atomic E-state index is 0. The second kappa shape index (κ2) is 1.30. The Balaban J connectivity index is 0.0000000900. The van der Waals surface area contributed by atoms with E-state index in [4.69, 9.17) is 0 Å². The van der Waals surface area contributed by atoms with Crippen LogP contribution in [-0.4, -0.2) is 13.1 Å². The highest BCUT2D eigenvalue weighted by Gasteiger charge is 1.91. The lowest BCUT2D eigenvalue weighted by Crippen LogP contribution is -1.56. The van der Waals surface area contributed by atoms with Crippen LogP contribution in [0.4, 0.5) is 0 Å². The van der Waals surface area contributed by atoms with Gasteiger partial charge < -0.3 is 5.32 Å². The molecule has 4 heavy (non-hydrogen) atoms. The highest BCUT2D eigenvalue weighted by Crippen LogP contribution is 1.65. The molecule has 0 aliphatic carbocycles. The summed E-state index contributed by atoms with van der Waals surface area (Å²) in [6.45, 7) is 2.50. The summed E-state index contributed by atoms with van der Waals surface area (Å²) in [6.07, 6.45) is 0. The summed E-state index contributed by atoms with van der Waals surface area (Å²) < 4.78 is 0. The normalized spacial score (nSPS) is 18.0. The molecule has 0 unspecified atom stereocenters. The van der Waals surface area contributed by atoms with Crippen molar-refractivity contribution < 1.29 is 0 Å². The van der Waals surface area contributed by atoms with Gasteiger partial charge in [0.05, 0.1) is 0 Å². The third-order valence-electron chi connectivity index (χ3n) is 0.250. The van der Waals surface area contributed by atoms with Crippen molar-refractivity contribution in [2.75, 3.05) is 13.1 Å². The van der Waals surface area contributed by atoms with Gasteiger partial charge >= 0.3 is 0 Å². The molecule has 0 aromatic carbocycles. The molecule has 1 N–H and O–H groups in total. The summed E-state index contributed by atoms with van der Waals surface area (Å²) in [6, 6.07) is 0. The van der Waals surface area contributed by atoms with Gasteiger partial charge in [-0.15, -0.1) is 0 Å². The van der Waals surface area contributed by atoms with Crippen LogP contribution in [0.15, 0.2) is 0 Å². The first-order valence-corrected chi connectivity index (χ1v) is 1.21. The zero-order valence-electron chi connectivity index (χ0n) is 1.91. The van der Waals surface area contributed by atoms with Gasteiger partial charge in [-0.3, -0.25) is 0 Å². The minimum Gasteiger partial charge on any atom is -0.314 e.